The molecule has 0 bridgehead atoms. The first-order valence-corrected chi connectivity index (χ1v) is 8.35. The molecule has 1 aromatic rings. The van der Waals surface area contributed by atoms with Crippen LogP contribution < -0.4 is 10.1 Å². The summed E-state index contributed by atoms with van der Waals surface area (Å²) >= 11 is 0. The molecule has 0 aromatic heterocycles. The molecule has 0 saturated heterocycles. The van der Waals surface area contributed by atoms with Gasteiger partial charge in [0, 0.05) is 6.54 Å². The van der Waals surface area contributed by atoms with Crippen LogP contribution in [-0.4, -0.2) is 19.7 Å². The molecule has 0 fully saturated rings. The maximum absolute atomic E-state index is 5.84. The number of hydrogen-bond acceptors (Lipinski definition) is 2. The fraction of sp³-hybridized carbons (Fsp3) is 0.667. The first-order chi connectivity index (χ1) is 9.90. The Morgan fingerprint density at radius 2 is 1.85 bits per heavy atom. The number of rotatable bonds is 9. The van der Waals surface area contributed by atoms with Crippen molar-refractivity contribution in [1.82, 2.24) is 5.32 Å². The summed E-state index contributed by atoms with van der Waals surface area (Å²) < 4.78 is 5.84. The molecule has 0 atom stereocenters. The molecule has 1 aliphatic rings. The third-order valence-electron chi connectivity index (χ3n) is 4.07. The van der Waals surface area contributed by atoms with Crippen LogP contribution in [0.5, 0.6) is 5.75 Å². The first-order valence-electron chi connectivity index (χ1n) is 8.35. The highest BCUT2D eigenvalue weighted by molar-refractivity contribution is 5.37. The predicted octanol–water partition coefficient (Wildman–Crippen LogP) is 4.11. The molecular weight excluding hydrogens is 246 g/mol. The molecule has 112 valence electrons. The number of unbranched alkanes of at least 4 members (excludes halogenated alkanes) is 3. The minimum atomic E-state index is 0.770. The van der Waals surface area contributed by atoms with Crippen molar-refractivity contribution in [2.45, 2.75) is 58.3 Å². The summed E-state index contributed by atoms with van der Waals surface area (Å²) in [6.45, 7) is 5.09. The second kappa shape index (κ2) is 9.02. The monoisotopic (exact) mass is 275 g/mol. The van der Waals surface area contributed by atoms with Gasteiger partial charge in [0.05, 0.1) is 0 Å². The van der Waals surface area contributed by atoms with Gasteiger partial charge in [-0.25, -0.2) is 0 Å². The van der Waals surface area contributed by atoms with Crippen LogP contribution in [-0.2, 0) is 12.8 Å². The number of aryl methyl sites for hydroxylation is 2. The number of fused-ring (bicyclic) bond motifs is 1. The lowest BCUT2D eigenvalue weighted by Gasteiger charge is -2.16. The largest absolute Gasteiger partial charge is 0.492 e. The number of ether oxygens (including phenoxy) is 1. The zero-order valence-corrected chi connectivity index (χ0v) is 12.9. The topological polar surface area (TPSA) is 21.3 Å². The highest BCUT2D eigenvalue weighted by Crippen LogP contribution is 2.25. The normalized spacial score (nSPS) is 14.1. The van der Waals surface area contributed by atoms with Crippen molar-refractivity contribution < 1.29 is 4.74 Å². The van der Waals surface area contributed by atoms with E-state index in [9.17, 15) is 0 Å². The summed E-state index contributed by atoms with van der Waals surface area (Å²) in [5.74, 6) is 1.04. The number of hydrogen-bond donors (Lipinski definition) is 1. The Labute approximate surface area is 123 Å². The fourth-order valence-corrected chi connectivity index (χ4v) is 2.84. The molecule has 0 saturated carbocycles. The summed E-state index contributed by atoms with van der Waals surface area (Å²) in [4.78, 5) is 0. The zero-order chi connectivity index (χ0) is 14.0. The van der Waals surface area contributed by atoms with E-state index < -0.39 is 0 Å². The van der Waals surface area contributed by atoms with Crippen molar-refractivity contribution in [3.63, 3.8) is 0 Å². The van der Waals surface area contributed by atoms with Gasteiger partial charge in [0.1, 0.15) is 12.4 Å². The molecule has 0 heterocycles. The van der Waals surface area contributed by atoms with Gasteiger partial charge in [-0.3, -0.25) is 0 Å². The van der Waals surface area contributed by atoms with E-state index in [1.165, 1.54) is 62.5 Å². The van der Waals surface area contributed by atoms with Crippen molar-refractivity contribution in [3.05, 3.63) is 29.3 Å². The lowest BCUT2D eigenvalue weighted by atomic mass is 9.92. The standard InChI is InChI=1S/C18H29NO/c1-2-3-4-7-12-19-13-14-20-18-11-10-16-8-5-6-9-17(16)15-18/h10-11,15,19H,2-9,12-14H2,1H3. The molecule has 20 heavy (non-hydrogen) atoms. The average molecular weight is 275 g/mol. The third kappa shape index (κ3) is 5.16. The Bertz CT molecular complexity index is 389. The highest BCUT2D eigenvalue weighted by Gasteiger charge is 2.09. The van der Waals surface area contributed by atoms with E-state index in [4.69, 9.17) is 4.74 Å². The fourth-order valence-electron chi connectivity index (χ4n) is 2.84. The molecule has 0 radical (unpaired) electrons. The smallest absolute Gasteiger partial charge is 0.119 e. The Hall–Kier alpha value is -1.02. The zero-order valence-electron chi connectivity index (χ0n) is 12.9. The van der Waals surface area contributed by atoms with Gasteiger partial charge >= 0.3 is 0 Å². The van der Waals surface area contributed by atoms with Crippen molar-refractivity contribution in [3.8, 4) is 5.75 Å². The van der Waals surface area contributed by atoms with Crippen LogP contribution >= 0.6 is 0 Å². The SMILES string of the molecule is CCCCCCNCCOc1ccc2c(c1)CCCC2. The maximum Gasteiger partial charge on any atom is 0.119 e. The minimum absolute atomic E-state index is 0.770. The van der Waals surface area contributed by atoms with Gasteiger partial charge in [-0.2, -0.15) is 0 Å². The second-order valence-corrected chi connectivity index (χ2v) is 5.80. The van der Waals surface area contributed by atoms with Crippen molar-refractivity contribution in [2.75, 3.05) is 19.7 Å². The molecule has 0 aliphatic heterocycles. The first kappa shape index (κ1) is 15.4. The van der Waals surface area contributed by atoms with Gasteiger partial charge in [-0.05, 0) is 61.9 Å². The molecule has 2 rings (SSSR count). The summed E-state index contributed by atoms with van der Waals surface area (Å²) in [5.41, 5.74) is 3.03. The van der Waals surface area contributed by atoms with E-state index in [0.717, 1.165) is 25.4 Å². The van der Waals surface area contributed by atoms with Crippen molar-refractivity contribution >= 4 is 0 Å². The molecule has 1 aromatic carbocycles. The molecule has 0 spiro atoms. The summed E-state index contributed by atoms with van der Waals surface area (Å²) in [6.07, 6.45) is 10.4. The highest BCUT2D eigenvalue weighted by atomic mass is 16.5. The van der Waals surface area contributed by atoms with Crippen molar-refractivity contribution in [2.24, 2.45) is 0 Å². The Morgan fingerprint density at radius 1 is 1.00 bits per heavy atom. The van der Waals surface area contributed by atoms with Crippen LogP contribution in [0.15, 0.2) is 18.2 Å². The van der Waals surface area contributed by atoms with Gasteiger partial charge in [0.15, 0.2) is 0 Å². The summed E-state index contributed by atoms with van der Waals surface area (Å²) in [5, 5.41) is 3.45. The minimum Gasteiger partial charge on any atom is -0.492 e. The number of nitrogens with one attached hydrogen (secondary N) is 1. The maximum atomic E-state index is 5.84. The van der Waals surface area contributed by atoms with E-state index in [1.807, 2.05) is 0 Å². The van der Waals surface area contributed by atoms with E-state index in [1.54, 1.807) is 0 Å². The van der Waals surface area contributed by atoms with Gasteiger partial charge in [0.2, 0.25) is 0 Å². The van der Waals surface area contributed by atoms with Gasteiger partial charge in [-0.1, -0.05) is 32.3 Å². The molecule has 1 N–H and O–H groups in total. The van der Waals surface area contributed by atoms with Crippen LogP contribution in [0.1, 0.15) is 56.6 Å². The summed E-state index contributed by atoms with van der Waals surface area (Å²) in [7, 11) is 0. The van der Waals surface area contributed by atoms with E-state index in [-0.39, 0.29) is 0 Å². The van der Waals surface area contributed by atoms with Gasteiger partial charge in [-0.15, -0.1) is 0 Å². The third-order valence-corrected chi connectivity index (χ3v) is 4.07. The van der Waals surface area contributed by atoms with E-state index in [2.05, 4.69) is 30.4 Å². The Morgan fingerprint density at radius 3 is 2.70 bits per heavy atom. The lowest BCUT2D eigenvalue weighted by molar-refractivity contribution is 0.313. The average Bonchev–Trinajstić information content (AvgIpc) is 2.50. The molecular formula is C18H29NO. The van der Waals surface area contributed by atoms with Gasteiger partial charge in [0.25, 0.3) is 0 Å². The van der Waals surface area contributed by atoms with Crippen LogP contribution in [0.25, 0.3) is 0 Å². The Kier molecular flexibility index (Phi) is 6.93. The quantitative estimate of drug-likeness (QED) is 0.685. The van der Waals surface area contributed by atoms with Crippen LogP contribution in [0.3, 0.4) is 0 Å². The molecule has 1 aliphatic carbocycles. The number of benzene rings is 1. The predicted molar refractivity (Wildman–Crippen MR) is 85.6 cm³/mol. The molecule has 0 unspecified atom stereocenters. The van der Waals surface area contributed by atoms with Crippen LogP contribution in [0.4, 0.5) is 0 Å². The lowest BCUT2D eigenvalue weighted by Crippen LogP contribution is -2.22. The summed E-state index contributed by atoms with van der Waals surface area (Å²) in [6, 6.07) is 6.63. The van der Waals surface area contributed by atoms with Crippen LogP contribution in [0.2, 0.25) is 0 Å². The molecule has 2 nitrogen and oxygen atoms in total. The van der Waals surface area contributed by atoms with E-state index >= 15 is 0 Å². The van der Waals surface area contributed by atoms with Crippen LogP contribution in [0, 0.1) is 0 Å². The Balaban J connectivity index is 1.60. The van der Waals surface area contributed by atoms with Crippen molar-refractivity contribution in [1.29, 1.82) is 0 Å². The molecule has 0 amide bonds. The molecule has 2 heteroatoms. The van der Waals surface area contributed by atoms with Gasteiger partial charge < -0.3 is 10.1 Å². The second-order valence-electron chi connectivity index (χ2n) is 5.80. The van der Waals surface area contributed by atoms with E-state index in [0.29, 0.717) is 0 Å².